The highest BCUT2D eigenvalue weighted by Crippen LogP contribution is 2.29. The predicted molar refractivity (Wildman–Crippen MR) is 72.4 cm³/mol. The summed E-state index contributed by atoms with van der Waals surface area (Å²) in [6.45, 7) is 0. The maximum absolute atomic E-state index is 5.67. The third kappa shape index (κ3) is 2.01. The molecule has 0 aliphatic carbocycles. The molecule has 0 aliphatic rings. The Morgan fingerprint density at radius 1 is 1.26 bits per heavy atom. The van der Waals surface area contributed by atoms with E-state index in [9.17, 15) is 0 Å². The molecular weight excluding hydrogens is 244 g/mol. The van der Waals surface area contributed by atoms with Crippen LogP contribution in [-0.2, 0) is 0 Å². The van der Waals surface area contributed by atoms with Gasteiger partial charge in [-0.1, -0.05) is 12.1 Å². The Morgan fingerprint density at radius 2 is 2.11 bits per heavy atom. The number of hydrogen-bond donors (Lipinski definition) is 3. The number of H-pyrrole nitrogens is 1. The number of fused-ring (bicyclic) bond motifs is 1. The van der Waals surface area contributed by atoms with Gasteiger partial charge in [0.2, 0.25) is 5.95 Å². The number of anilines is 3. The minimum atomic E-state index is 0.175. The highest BCUT2D eigenvalue weighted by Gasteiger charge is 2.10. The van der Waals surface area contributed by atoms with Gasteiger partial charge in [0.1, 0.15) is 11.6 Å². The fraction of sp³-hybridized carbons (Fsp3) is 0.0833. The van der Waals surface area contributed by atoms with Crippen molar-refractivity contribution in [3.05, 3.63) is 30.5 Å². The number of nitrogens with zero attached hydrogens (tertiary/aromatic N) is 3. The monoisotopic (exact) mass is 256 g/mol. The number of aromatic amines is 1. The van der Waals surface area contributed by atoms with E-state index in [1.165, 1.54) is 0 Å². The lowest BCUT2D eigenvalue weighted by Gasteiger charge is -2.10. The van der Waals surface area contributed by atoms with Crippen LogP contribution in [-0.4, -0.2) is 27.3 Å². The summed E-state index contributed by atoms with van der Waals surface area (Å²) in [5, 5.41) is 10.6. The van der Waals surface area contributed by atoms with Crippen LogP contribution in [0.1, 0.15) is 0 Å². The van der Waals surface area contributed by atoms with Crippen LogP contribution in [0.3, 0.4) is 0 Å². The van der Waals surface area contributed by atoms with Gasteiger partial charge >= 0.3 is 0 Å². The molecular formula is C12H12N6O. The van der Waals surface area contributed by atoms with E-state index < -0.39 is 0 Å². The van der Waals surface area contributed by atoms with Crippen molar-refractivity contribution in [1.29, 1.82) is 0 Å². The second-order valence-corrected chi connectivity index (χ2v) is 3.89. The summed E-state index contributed by atoms with van der Waals surface area (Å²) in [5.74, 6) is 1.48. The fourth-order valence-electron chi connectivity index (χ4n) is 1.82. The zero-order valence-corrected chi connectivity index (χ0v) is 10.2. The number of para-hydroxylation sites is 2. The summed E-state index contributed by atoms with van der Waals surface area (Å²) < 4.78 is 5.28. The molecule has 0 amide bonds. The third-order valence-electron chi connectivity index (χ3n) is 2.69. The second-order valence-electron chi connectivity index (χ2n) is 3.89. The highest BCUT2D eigenvalue weighted by molar-refractivity contribution is 5.89. The van der Waals surface area contributed by atoms with Crippen molar-refractivity contribution < 1.29 is 4.74 Å². The molecule has 3 rings (SSSR count). The first kappa shape index (κ1) is 11.3. The van der Waals surface area contributed by atoms with Gasteiger partial charge in [-0.2, -0.15) is 15.1 Å². The van der Waals surface area contributed by atoms with E-state index in [4.69, 9.17) is 10.5 Å². The Bertz CT molecular complexity index is 723. The molecule has 19 heavy (non-hydrogen) atoms. The summed E-state index contributed by atoms with van der Waals surface area (Å²) in [6, 6.07) is 7.55. The van der Waals surface area contributed by atoms with Crippen molar-refractivity contribution in [2.75, 3.05) is 18.2 Å². The molecule has 0 atom stereocenters. The summed E-state index contributed by atoms with van der Waals surface area (Å²) in [6.07, 6.45) is 1.65. The van der Waals surface area contributed by atoms with E-state index in [0.717, 1.165) is 16.8 Å². The molecule has 0 saturated carbocycles. The highest BCUT2D eigenvalue weighted by atomic mass is 16.5. The van der Waals surface area contributed by atoms with Crippen molar-refractivity contribution >= 4 is 28.5 Å². The summed E-state index contributed by atoms with van der Waals surface area (Å²) in [7, 11) is 1.61. The van der Waals surface area contributed by atoms with Gasteiger partial charge < -0.3 is 15.8 Å². The van der Waals surface area contributed by atoms with Crippen LogP contribution >= 0.6 is 0 Å². The second kappa shape index (κ2) is 4.45. The average molecular weight is 256 g/mol. The largest absolute Gasteiger partial charge is 0.495 e. The van der Waals surface area contributed by atoms with Crippen LogP contribution in [0.2, 0.25) is 0 Å². The number of hydrogen-bond acceptors (Lipinski definition) is 6. The van der Waals surface area contributed by atoms with Crippen molar-refractivity contribution in [2.45, 2.75) is 0 Å². The van der Waals surface area contributed by atoms with Crippen molar-refractivity contribution in [1.82, 2.24) is 20.2 Å². The third-order valence-corrected chi connectivity index (χ3v) is 2.69. The van der Waals surface area contributed by atoms with E-state index in [0.29, 0.717) is 11.5 Å². The zero-order chi connectivity index (χ0) is 13.2. The number of nitrogen functional groups attached to an aromatic ring is 1. The van der Waals surface area contributed by atoms with Crippen LogP contribution in [0, 0.1) is 0 Å². The Balaban J connectivity index is 2.07. The summed E-state index contributed by atoms with van der Waals surface area (Å²) in [5.41, 5.74) is 7.05. The molecule has 0 saturated heterocycles. The number of nitrogens with one attached hydrogen (secondary N) is 2. The Kier molecular flexibility index (Phi) is 2.64. The number of ether oxygens (including phenoxy) is 1. The average Bonchev–Trinajstić information content (AvgIpc) is 2.87. The maximum Gasteiger partial charge on any atom is 0.224 e. The van der Waals surface area contributed by atoms with Gasteiger partial charge in [0.05, 0.1) is 24.4 Å². The van der Waals surface area contributed by atoms with Gasteiger partial charge in [0.25, 0.3) is 0 Å². The maximum atomic E-state index is 5.67. The van der Waals surface area contributed by atoms with Crippen LogP contribution in [0.4, 0.5) is 17.5 Å². The minimum absolute atomic E-state index is 0.175. The lowest BCUT2D eigenvalue weighted by atomic mass is 10.3. The molecule has 2 aromatic heterocycles. The van der Waals surface area contributed by atoms with Gasteiger partial charge in [0.15, 0.2) is 5.65 Å². The number of methoxy groups -OCH3 is 1. The lowest BCUT2D eigenvalue weighted by molar-refractivity contribution is 0.417. The van der Waals surface area contributed by atoms with Crippen LogP contribution in [0.5, 0.6) is 5.75 Å². The molecule has 0 unspecified atom stereocenters. The summed E-state index contributed by atoms with van der Waals surface area (Å²) >= 11 is 0. The Hall–Kier alpha value is -2.83. The molecule has 0 fully saturated rings. The van der Waals surface area contributed by atoms with Crippen LogP contribution in [0.15, 0.2) is 30.5 Å². The molecule has 0 aliphatic heterocycles. The van der Waals surface area contributed by atoms with E-state index in [1.807, 2.05) is 24.3 Å². The van der Waals surface area contributed by atoms with Crippen LogP contribution < -0.4 is 15.8 Å². The van der Waals surface area contributed by atoms with Crippen molar-refractivity contribution in [2.24, 2.45) is 0 Å². The zero-order valence-electron chi connectivity index (χ0n) is 10.2. The molecule has 96 valence electrons. The normalized spacial score (nSPS) is 10.6. The van der Waals surface area contributed by atoms with Crippen LogP contribution in [0.25, 0.3) is 11.0 Å². The number of nitrogens with two attached hydrogens (primary N) is 1. The molecule has 7 heteroatoms. The number of rotatable bonds is 3. The molecule has 0 bridgehead atoms. The van der Waals surface area contributed by atoms with E-state index in [-0.39, 0.29) is 5.95 Å². The molecule has 4 N–H and O–H groups in total. The first-order chi connectivity index (χ1) is 9.28. The Morgan fingerprint density at radius 3 is 2.95 bits per heavy atom. The first-order valence-electron chi connectivity index (χ1n) is 5.64. The van der Waals surface area contributed by atoms with Gasteiger partial charge in [-0.15, -0.1) is 0 Å². The van der Waals surface area contributed by atoms with Crippen molar-refractivity contribution in [3.63, 3.8) is 0 Å². The van der Waals surface area contributed by atoms with Gasteiger partial charge in [-0.05, 0) is 12.1 Å². The molecule has 3 aromatic rings. The number of benzene rings is 1. The summed E-state index contributed by atoms with van der Waals surface area (Å²) in [4.78, 5) is 8.24. The van der Waals surface area contributed by atoms with E-state index in [2.05, 4.69) is 25.5 Å². The fourth-order valence-corrected chi connectivity index (χ4v) is 1.82. The van der Waals surface area contributed by atoms with Gasteiger partial charge in [0, 0.05) is 0 Å². The van der Waals surface area contributed by atoms with Gasteiger partial charge in [-0.3, -0.25) is 5.10 Å². The van der Waals surface area contributed by atoms with Crippen molar-refractivity contribution in [3.8, 4) is 5.75 Å². The minimum Gasteiger partial charge on any atom is -0.495 e. The standard InChI is InChI=1S/C12H12N6O/c1-19-9-5-3-2-4-8(9)15-10-7-6-14-18-11(7)17-12(13)16-10/h2-6H,1H3,(H4,13,14,15,16,17,18). The first-order valence-corrected chi connectivity index (χ1v) is 5.64. The smallest absolute Gasteiger partial charge is 0.224 e. The molecule has 7 nitrogen and oxygen atoms in total. The quantitative estimate of drug-likeness (QED) is 0.659. The van der Waals surface area contributed by atoms with Gasteiger partial charge in [-0.25, -0.2) is 0 Å². The SMILES string of the molecule is COc1ccccc1Nc1nc(N)nc2[nH]ncc12. The van der Waals surface area contributed by atoms with E-state index in [1.54, 1.807) is 13.3 Å². The molecule has 0 radical (unpaired) electrons. The lowest BCUT2D eigenvalue weighted by Crippen LogP contribution is -2.01. The Labute approximate surface area is 108 Å². The predicted octanol–water partition coefficient (Wildman–Crippen LogP) is 1.69. The van der Waals surface area contributed by atoms with E-state index >= 15 is 0 Å². The molecule has 2 heterocycles. The number of aromatic nitrogens is 4. The topological polar surface area (TPSA) is 102 Å². The molecule has 1 aromatic carbocycles. The molecule has 0 spiro atoms.